The molecule has 1 fully saturated rings. The lowest BCUT2D eigenvalue weighted by molar-refractivity contribution is 0.615. The van der Waals surface area contributed by atoms with Crippen LogP contribution in [0.1, 0.15) is 18.4 Å². The van der Waals surface area contributed by atoms with Crippen LogP contribution in [0.3, 0.4) is 0 Å². The Kier molecular flexibility index (Phi) is 3.21. The van der Waals surface area contributed by atoms with Gasteiger partial charge in [-0.2, -0.15) is 0 Å². The first kappa shape index (κ1) is 10.4. The van der Waals surface area contributed by atoms with E-state index in [1.54, 1.807) is 13.0 Å². The maximum absolute atomic E-state index is 13.2. The quantitative estimate of drug-likeness (QED) is 0.796. The molecule has 0 saturated carbocycles. The molecule has 0 aliphatic carbocycles. The van der Waals surface area contributed by atoms with E-state index in [2.05, 4.69) is 10.6 Å². The molecule has 0 spiro atoms. The third kappa shape index (κ3) is 2.48. The van der Waals surface area contributed by atoms with Crippen molar-refractivity contribution in [1.29, 1.82) is 0 Å². The van der Waals surface area contributed by atoms with Crippen LogP contribution in [0.4, 0.5) is 10.1 Å². The highest BCUT2D eigenvalue weighted by molar-refractivity contribution is 5.51. The van der Waals surface area contributed by atoms with E-state index in [0.717, 1.165) is 18.8 Å². The summed E-state index contributed by atoms with van der Waals surface area (Å²) in [5.74, 6) is -0.139. The van der Waals surface area contributed by atoms with Crippen LogP contribution >= 0.6 is 0 Å². The molecule has 1 aromatic carbocycles. The van der Waals surface area contributed by atoms with Crippen molar-refractivity contribution in [3.63, 3.8) is 0 Å². The molecule has 82 valence electrons. The normalized spacial score (nSPS) is 20.5. The summed E-state index contributed by atoms with van der Waals surface area (Å²) in [7, 11) is 0. The lowest BCUT2D eigenvalue weighted by Crippen LogP contribution is -2.29. The highest BCUT2D eigenvalue weighted by atomic mass is 19.1. The summed E-state index contributed by atoms with van der Waals surface area (Å²) >= 11 is 0. The van der Waals surface area contributed by atoms with Gasteiger partial charge in [0.1, 0.15) is 5.82 Å². The van der Waals surface area contributed by atoms with Crippen LogP contribution in [0.5, 0.6) is 0 Å². The second kappa shape index (κ2) is 4.62. The van der Waals surface area contributed by atoms with Crippen molar-refractivity contribution >= 4 is 5.69 Å². The number of rotatable bonds is 3. The second-order valence-corrected chi connectivity index (χ2v) is 4.09. The Morgan fingerprint density at radius 1 is 1.53 bits per heavy atom. The Balaban J connectivity index is 1.95. The first-order valence-electron chi connectivity index (χ1n) is 5.50. The smallest absolute Gasteiger partial charge is 0.128 e. The molecular formula is C12H17FN2. The summed E-state index contributed by atoms with van der Waals surface area (Å²) in [6.45, 7) is 3.79. The summed E-state index contributed by atoms with van der Waals surface area (Å²) in [5.41, 5.74) is 1.61. The minimum absolute atomic E-state index is 0.139. The highest BCUT2D eigenvalue weighted by Crippen LogP contribution is 2.17. The zero-order chi connectivity index (χ0) is 10.7. The molecule has 2 rings (SSSR count). The highest BCUT2D eigenvalue weighted by Gasteiger charge is 2.13. The van der Waals surface area contributed by atoms with Crippen LogP contribution in [-0.4, -0.2) is 19.1 Å². The van der Waals surface area contributed by atoms with Gasteiger partial charge < -0.3 is 10.6 Å². The molecule has 1 saturated heterocycles. The van der Waals surface area contributed by atoms with Gasteiger partial charge in [-0.1, -0.05) is 6.07 Å². The fraction of sp³-hybridized carbons (Fsp3) is 0.500. The van der Waals surface area contributed by atoms with Crippen LogP contribution in [0.25, 0.3) is 0 Å². The molecule has 0 amide bonds. The number of nitrogens with one attached hydrogen (secondary N) is 2. The van der Waals surface area contributed by atoms with Gasteiger partial charge in [0.2, 0.25) is 0 Å². The number of benzene rings is 1. The predicted molar refractivity (Wildman–Crippen MR) is 60.7 cm³/mol. The zero-order valence-corrected chi connectivity index (χ0v) is 9.02. The first-order valence-corrected chi connectivity index (χ1v) is 5.50. The first-order chi connectivity index (χ1) is 7.27. The Morgan fingerprint density at radius 2 is 2.40 bits per heavy atom. The summed E-state index contributed by atoms with van der Waals surface area (Å²) in [6, 6.07) is 5.70. The van der Waals surface area contributed by atoms with Gasteiger partial charge in [-0.05, 0) is 38.4 Å². The molecule has 1 aliphatic heterocycles. The van der Waals surface area contributed by atoms with Crippen molar-refractivity contribution in [3.05, 3.63) is 29.6 Å². The van der Waals surface area contributed by atoms with E-state index in [-0.39, 0.29) is 5.82 Å². The average Bonchev–Trinajstić information content (AvgIpc) is 2.73. The van der Waals surface area contributed by atoms with Crippen LogP contribution < -0.4 is 10.6 Å². The standard InChI is InChI=1S/C12H17FN2/c1-9-11(13)5-2-6-12(9)15-8-10-4-3-7-14-10/h2,5-6,10,14-15H,3-4,7-8H2,1H3. The fourth-order valence-electron chi connectivity index (χ4n) is 1.96. The van der Waals surface area contributed by atoms with Crippen LogP contribution in [0.2, 0.25) is 0 Å². The summed E-state index contributed by atoms with van der Waals surface area (Å²) in [6.07, 6.45) is 2.45. The summed E-state index contributed by atoms with van der Waals surface area (Å²) < 4.78 is 13.2. The zero-order valence-electron chi connectivity index (χ0n) is 9.02. The molecule has 0 aromatic heterocycles. The van der Waals surface area contributed by atoms with Gasteiger partial charge in [0, 0.05) is 23.8 Å². The van der Waals surface area contributed by atoms with Gasteiger partial charge in [0.05, 0.1) is 0 Å². The van der Waals surface area contributed by atoms with Gasteiger partial charge in [0.25, 0.3) is 0 Å². The molecule has 0 radical (unpaired) electrons. The van der Waals surface area contributed by atoms with Crippen molar-refractivity contribution in [3.8, 4) is 0 Å². The molecule has 2 N–H and O–H groups in total. The maximum atomic E-state index is 13.2. The number of anilines is 1. The van der Waals surface area contributed by atoms with Crippen LogP contribution in [0, 0.1) is 12.7 Å². The molecule has 2 nitrogen and oxygen atoms in total. The molecule has 15 heavy (non-hydrogen) atoms. The molecule has 1 heterocycles. The Hall–Kier alpha value is -1.09. The van der Waals surface area contributed by atoms with E-state index in [1.165, 1.54) is 18.9 Å². The number of hydrogen-bond donors (Lipinski definition) is 2. The second-order valence-electron chi connectivity index (χ2n) is 4.09. The summed E-state index contributed by atoms with van der Waals surface area (Å²) in [4.78, 5) is 0. The minimum atomic E-state index is -0.139. The molecule has 0 bridgehead atoms. The SMILES string of the molecule is Cc1c(F)cccc1NCC1CCCN1. The average molecular weight is 208 g/mol. The molecule has 1 aliphatic rings. The lowest BCUT2D eigenvalue weighted by atomic mass is 10.1. The molecule has 1 atom stereocenters. The monoisotopic (exact) mass is 208 g/mol. The lowest BCUT2D eigenvalue weighted by Gasteiger charge is -2.14. The molecule has 1 unspecified atom stereocenters. The maximum Gasteiger partial charge on any atom is 0.128 e. The van der Waals surface area contributed by atoms with Crippen molar-refractivity contribution in [2.24, 2.45) is 0 Å². The van der Waals surface area contributed by atoms with Crippen LogP contribution in [-0.2, 0) is 0 Å². The van der Waals surface area contributed by atoms with Crippen molar-refractivity contribution in [2.45, 2.75) is 25.8 Å². The van der Waals surface area contributed by atoms with E-state index in [0.29, 0.717) is 11.6 Å². The fourth-order valence-corrected chi connectivity index (χ4v) is 1.96. The van der Waals surface area contributed by atoms with E-state index in [4.69, 9.17) is 0 Å². The van der Waals surface area contributed by atoms with Crippen molar-refractivity contribution in [2.75, 3.05) is 18.4 Å². The molecule has 1 aromatic rings. The summed E-state index contributed by atoms with van der Waals surface area (Å²) in [5, 5.41) is 6.70. The Morgan fingerprint density at radius 3 is 3.13 bits per heavy atom. The topological polar surface area (TPSA) is 24.1 Å². The van der Waals surface area contributed by atoms with Gasteiger partial charge in [-0.15, -0.1) is 0 Å². The van der Waals surface area contributed by atoms with Crippen LogP contribution in [0.15, 0.2) is 18.2 Å². The largest absolute Gasteiger partial charge is 0.383 e. The number of hydrogen-bond acceptors (Lipinski definition) is 2. The van der Waals surface area contributed by atoms with Gasteiger partial charge in [-0.25, -0.2) is 4.39 Å². The van der Waals surface area contributed by atoms with E-state index in [9.17, 15) is 4.39 Å². The van der Waals surface area contributed by atoms with E-state index < -0.39 is 0 Å². The Labute approximate surface area is 89.9 Å². The Bertz CT molecular complexity index is 332. The predicted octanol–water partition coefficient (Wildman–Crippen LogP) is 2.30. The molecular weight excluding hydrogens is 191 g/mol. The van der Waals surface area contributed by atoms with E-state index in [1.807, 2.05) is 6.07 Å². The van der Waals surface area contributed by atoms with Gasteiger partial charge in [-0.3, -0.25) is 0 Å². The third-order valence-corrected chi connectivity index (χ3v) is 2.97. The minimum Gasteiger partial charge on any atom is -0.383 e. The van der Waals surface area contributed by atoms with Gasteiger partial charge >= 0.3 is 0 Å². The van der Waals surface area contributed by atoms with Gasteiger partial charge in [0.15, 0.2) is 0 Å². The number of halogens is 1. The van der Waals surface area contributed by atoms with Crippen molar-refractivity contribution in [1.82, 2.24) is 5.32 Å². The third-order valence-electron chi connectivity index (χ3n) is 2.97. The van der Waals surface area contributed by atoms with E-state index >= 15 is 0 Å². The van der Waals surface area contributed by atoms with Crippen molar-refractivity contribution < 1.29 is 4.39 Å². The molecule has 3 heteroatoms.